The molecule has 142 valence electrons. The zero-order valence-corrected chi connectivity index (χ0v) is 15.9. The number of H-pyrrole nitrogens is 1. The Morgan fingerprint density at radius 2 is 2.00 bits per heavy atom. The van der Waals surface area contributed by atoms with Crippen molar-refractivity contribution in [3.8, 4) is 0 Å². The van der Waals surface area contributed by atoms with Crippen molar-refractivity contribution in [1.29, 1.82) is 0 Å². The van der Waals surface area contributed by atoms with E-state index < -0.39 is 6.04 Å². The predicted molar refractivity (Wildman–Crippen MR) is 105 cm³/mol. The first-order chi connectivity index (χ1) is 12.9. The molecule has 0 bridgehead atoms. The van der Waals surface area contributed by atoms with Gasteiger partial charge in [-0.1, -0.05) is 12.1 Å². The highest BCUT2D eigenvalue weighted by atomic mass is 16.2. The number of aromatic nitrogens is 4. The molecule has 2 N–H and O–H groups in total. The maximum atomic E-state index is 12.6. The predicted octanol–water partition coefficient (Wildman–Crippen LogP) is 2.16. The van der Waals surface area contributed by atoms with Gasteiger partial charge < -0.3 is 10.3 Å². The van der Waals surface area contributed by atoms with Crippen molar-refractivity contribution < 1.29 is 4.79 Å². The Bertz CT molecular complexity index is 1010. The lowest BCUT2D eigenvalue weighted by molar-refractivity contribution is -0.120. The Balaban J connectivity index is 1.72. The number of carbonyl (C=O) groups excluding carboxylic acids is 1. The topological polar surface area (TPSA) is 95.9 Å². The van der Waals surface area contributed by atoms with Gasteiger partial charge in [0.2, 0.25) is 5.91 Å². The fourth-order valence-corrected chi connectivity index (χ4v) is 2.84. The SMILES string of the molecule is CC(C)n1nccc1NC(=O)[C@@H](C)N(C)Cc1nc2ccccc2c(=O)[nH]1. The summed E-state index contributed by atoms with van der Waals surface area (Å²) in [7, 11) is 1.82. The summed E-state index contributed by atoms with van der Waals surface area (Å²) in [5.41, 5.74) is 0.463. The van der Waals surface area contributed by atoms with Crippen LogP contribution in [0.5, 0.6) is 0 Å². The average molecular weight is 368 g/mol. The van der Waals surface area contributed by atoms with Gasteiger partial charge in [0.1, 0.15) is 11.6 Å². The quantitative estimate of drug-likeness (QED) is 0.695. The van der Waals surface area contributed by atoms with Crippen molar-refractivity contribution in [3.05, 3.63) is 52.7 Å². The van der Waals surface area contributed by atoms with Crippen LogP contribution < -0.4 is 10.9 Å². The summed E-state index contributed by atoms with van der Waals surface area (Å²) in [5.74, 6) is 1.03. The van der Waals surface area contributed by atoms with Crippen LogP contribution in [0.15, 0.2) is 41.3 Å². The molecule has 1 aromatic carbocycles. The van der Waals surface area contributed by atoms with Gasteiger partial charge in [-0.25, -0.2) is 9.67 Å². The van der Waals surface area contributed by atoms with E-state index in [9.17, 15) is 9.59 Å². The number of fused-ring (bicyclic) bond motifs is 1. The highest BCUT2D eigenvalue weighted by Crippen LogP contribution is 2.14. The van der Waals surface area contributed by atoms with Gasteiger partial charge in [-0.05, 0) is 40.0 Å². The minimum atomic E-state index is -0.419. The van der Waals surface area contributed by atoms with E-state index in [4.69, 9.17) is 0 Å². The second-order valence-corrected chi connectivity index (χ2v) is 6.86. The Morgan fingerprint density at radius 1 is 1.26 bits per heavy atom. The first kappa shape index (κ1) is 18.8. The van der Waals surface area contributed by atoms with Crippen molar-refractivity contribution in [2.24, 2.45) is 0 Å². The standard InChI is InChI=1S/C19H24N6O2/c1-12(2)25-17(9-10-20-25)23-18(26)13(3)24(4)11-16-21-15-8-6-5-7-14(15)19(27)22-16/h5-10,12-13H,11H2,1-4H3,(H,23,26)(H,21,22,27)/t13-/m1/s1. The average Bonchev–Trinajstić information content (AvgIpc) is 3.09. The fraction of sp³-hybridized carbons (Fsp3) is 0.368. The van der Waals surface area contributed by atoms with Gasteiger partial charge in [-0.2, -0.15) is 5.10 Å². The molecule has 8 heteroatoms. The molecule has 0 saturated heterocycles. The minimum Gasteiger partial charge on any atom is -0.310 e. The van der Waals surface area contributed by atoms with E-state index in [1.54, 1.807) is 35.1 Å². The molecule has 1 atom stereocenters. The van der Waals surface area contributed by atoms with Crippen molar-refractivity contribution in [2.45, 2.75) is 39.4 Å². The third kappa shape index (κ3) is 4.06. The van der Waals surface area contributed by atoms with Crippen LogP contribution in [0, 0.1) is 0 Å². The molecule has 0 fully saturated rings. The number of hydrogen-bond donors (Lipinski definition) is 2. The molecule has 0 aliphatic heterocycles. The van der Waals surface area contributed by atoms with Crippen molar-refractivity contribution in [1.82, 2.24) is 24.6 Å². The van der Waals surface area contributed by atoms with E-state index in [1.807, 2.05) is 38.8 Å². The lowest BCUT2D eigenvalue weighted by Gasteiger charge is -2.23. The van der Waals surface area contributed by atoms with Gasteiger partial charge in [0.25, 0.3) is 5.56 Å². The molecule has 0 aliphatic rings. The smallest absolute Gasteiger partial charge is 0.258 e. The number of para-hydroxylation sites is 1. The zero-order chi connectivity index (χ0) is 19.6. The molecular weight excluding hydrogens is 344 g/mol. The molecule has 2 aromatic heterocycles. The molecule has 3 rings (SSSR count). The molecule has 0 aliphatic carbocycles. The maximum absolute atomic E-state index is 12.6. The second-order valence-electron chi connectivity index (χ2n) is 6.86. The van der Waals surface area contributed by atoms with Crippen LogP contribution in [0.2, 0.25) is 0 Å². The number of benzene rings is 1. The normalized spacial score (nSPS) is 12.7. The summed E-state index contributed by atoms with van der Waals surface area (Å²) in [4.78, 5) is 33.9. The number of anilines is 1. The Hall–Kier alpha value is -3.00. The lowest BCUT2D eigenvalue weighted by Crippen LogP contribution is -2.40. The molecule has 1 amide bonds. The molecule has 0 saturated carbocycles. The van der Waals surface area contributed by atoms with E-state index in [1.165, 1.54) is 0 Å². The van der Waals surface area contributed by atoms with Crippen molar-refractivity contribution in [2.75, 3.05) is 12.4 Å². The molecule has 2 heterocycles. The summed E-state index contributed by atoms with van der Waals surface area (Å²) in [6.07, 6.45) is 1.66. The van der Waals surface area contributed by atoms with E-state index in [2.05, 4.69) is 20.4 Å². The van der Waals surface area contributed by atoms with Crippen LogP contribution in [0.3, 0.4) is 0 Å². The first-order valence-corrected chi connectivity index (χ1v) is 8.89. The van der Waals surface area contributed by atoms with Crippen LogP contribution in [-0.2, 0) is 11.3 Å². The summed E-state index contributed by atoms with van der Waals surface area (Å²) >= 11 is 0. The number of likely N-dealkylation sites (N-methyl/N-ethyl adjacent to an activating group) is 1. The largest absolute Gasteiger partial charge is 0.310 e. The van der Waals surface area contributed by atoms with E-state index in [0.717, 1.165) is 0 Å². The van der Waals surface area contributed by atoms with Crippen LogP contribution in [0.4, 0.5) is 5.82 Å². The molecule has 3 aromatic rings. The van der Waals surface area contributed by atoms with E-state index in [0.29, 0.717) is 29.1 Å². The molecule has 0 spiro atoms. The highest BCUT2D eigenvalue weighted by Gasteiger charge is 2.21. The maximum Gasteiger partial charge on any atom is 0.258 e. The van der Waals surface area contributed by atoms with Gasteiger partial charge in [-0.3, -0.25) is 14.5 Å². The summed E-state index contributed by atoms with van der Waals surface area (Å²) in [6, 6.07) is 8.69. The van der Waals surface area contributed by atoms with Gasteiger partial charge in [0.15, 0.2) is 0 Å². The van der Waals surface area contributed by atoms with Crippen LogP contribution >= 0.6 is 0 Å². The monoisotopic (exact) mass is 368 g/mol. The van der Waals surface area contributed by atoms with Gasteiger partial charge in [-0.15, -0.1) is 0 Å². The van der Waals surface area contributed by atoms with Gasteiger partial charge >= 0.3 is 0 Å². The number of rotatable bonds is 6. The van der Waals surface area contributed by atoms with E-state index >= 15 is 0 Å². The highest BCUT2D eigenvalue weighted by molar-refractivity contribution is 5.93. The third-order valence-corrected chi connectivity index (χ3v) is 4.51. The van der Waals surface area contributed by atoms with Crippen molar-refractivity contribution >= 4 is 22.6 Å². The van der Waals surface area contributed by atoms with E-state index in [-0.39, 0.29) is 17.5 Å². The number of nitrogens with one attached hydrogen (secondary N) is 2. The van der Waals surface area contributed by atoms with Gasteiger partial charge in [0.05, 0.1) is 29.7 Å². The van der Waals surface area contributed by atoms with Gasteiger partial charge in [0, 0.05) is 12.1 Å². The number of amides is 1. The lowest BCUT2D eigenvalue weighted by atomic mass is 10.2. The number of hydrogen-bond acceptors (Lipinski definition) is 5. The second kappa shape index (κ2) is 7.71. The molecular formula is C19H24N6O2. The minimum absolute atomic E-state index is 0.148. The Labute approximate surface area is 157 Å². The zero-order valence-electron chi connectivity index (χ0n) is 15.9. The van der Waals surface area contributed by atoms with Crippen LogP contribution in [0.25, 0.3) is 10.9 Å². The van der Waals surface area contributed by atoms with Crippen LogP contribution in [-0.4, -0.2) is 43.6 Å². The summed E-state index contributed by atoms with van der Waals surface area (Å²) in [5, 5.41) is 7.68. The molecule has 8 nitrogen and oxygen atoms in total. The Morgan fingerprint density at radius 3 is 2.74 bits per heavy atom. The number of nitrogens with zero attached hydrogens (tertiary/aromatic N) is 4. The summed E-state index contributed by atoms with van der Waals surface area (Å²) < 4.78 is 1.76. The summed E-state index contributed by atoms with van der Waals surface area (Å²) in [6.45, 7) is 6.16. The number of carbonyl (C=O) groups is 1. The molecule has 0 unspecified atom stereocenters. The Kier molecular flexibility index (Phi) is 5.36. The van der Waals surface area contributed by atoms with Crippen molar-refractivity contribution in [3.63, 3.8) is 0 Å². The van der Waals surface area contributed by atoms with Crippen LogP contribution in [0.1, 0.15) is 32.6 Å². The first-order valence-electron chi connectivity index (χ1n) is 8.89. The fourth-order valence-electron chi connectivity index (χ4n) is 2.84. The third-order valence-electron chi connectivity index (χ3n) is 4.51. The number of aromatic amines is 1. The molecule has 0 radical (unpaired) electrons. The molecule has 27 heavy (non-hydrogen) atoms.